The number of carboxylic acid groups (broad SMARTS) is 1. The summed E-state index contributed by atoms with van der Waals surface area (Å²) >= 11 is 0. The summed E-state index contributed by atoms with van der Waals surface area (Å²) in [6.45, 7) is 3.92. The van der Waals surface area contributed by atoms with Crippen LogP contribution in [0.5, 0.6) is 23.0 Å². The Bertz CT molecular complexity index is 1120. The number of ketones is 1. The molecule has 3 rings (SSSR count). The van der Waals surface area contributed by atoms with E-state index in [0.29, 0.717) is 19.1 Å². The minimum atomic E-state index is -1.35. The van der Waals surface area contributed by atoms with Gasteiger partial charge in [-0.3, -0.25) is 9.59 Å². The average molecular weight is 454 g/mol. The molecule has 0 saturated heterocycles. The topological polar surface area (TPSA) is 127 Å². The number of Topliss-reactive ketones (excluding diaryl/α,β-unsaturated/α-hetero) is 1. The van der Waals surface area contributed by atoms with Gasteiger partial charge >= 0.3 is 11.9 Å². The molecule has 0 unspecified atom stereocenters. The number of carbonyl (C=O) groups excluding carboxylic acids is 3. The van der Waals surface area contributed by atoms with Crippen molar-refractivity contribution in [1.82, 2.24) is 0 Å². The average Bonchev–Trinajstić information content (AvgIpc) is 2.92. The second kappa shape index (κ2) is 10.3. The molecule has 0 atom stereocenters. The van der Waals surface area contributed by atoms with Gasteiger partial charge in [-0.2, -0.15) is 0 Å². The van der Waals surface area contributed by atoms with Crippen LogP contribution in [0.25, 0.3) is 0 Å². The molecule has 0 fully saturated rings. The van der Waals surface area contributed by atoms with Crippen LogP contribution in [-0.4, -0.2) is 34.2 Å². The molecule has 1 aliphatic heterocycles. The smallest absolute Gasteiger partial charge is 0.348 e. The van der Waals surface area contributed by atoms with Crippen LogP contribution in [0.15, 0.2) is 18.2 Å². The van der Waals surface area contributed by atoms with Crippen molar-refractivity contribution >= 4 is 24.0 Å². The Morgan fingerprint density at radius 1 is 1.00 bits per heavy atom. The number of rotatable bonds is 10. The van der Waals surface area contributed by atoms with Crippen molar-refractivity contribution in [1.29, 1.82) is 0 Å². The number of aromatic carboxylic acids is 1. The minimum absolute atomic E-state index is 0.0102. The molecule has 0 bridgehead atoms. The Morgan fingerprint density at radius 2 is 1.73 bits per heavy atom. The van der Waals surface area contributed by atoms with E-state index in [1.165, 1.54) is 12.1 Å². The van der Waals surface area contributed by atoms with E-state index in [1.54, 1.807) is 0 Å². The number of fused-ring (bicyclic) bond motifs is 2. The summed E-state index contributed by atoms with van der Waals surface area (Å²) in [6.07, 6.45) is 4.66. The predicted molar refractivity (Wildman–Crippen MR) is 119 cm³/mol. The largest absolute Gasteiger partial charge is 0.507 e. The zero-order valence-electron chi connectivity index (χ0n) is 18.6. The molecule has 0 aromatic heterocycles. The molecule has 0 radical (unpaired) electrons. The number of aromatic hydroxyl groups is 1. The lowest BCUT2D eigenvalue weighted by Gasteiger charge is -2.16. The zero-order valence-corrected chi connectivity index (χ0v) is 18.6. The zero-order chi connectivity index (χ0) is 24.1. The van der Waals surface area contributed by atoms with E-state index in [0.717, 1.165) is 25.3 Å². The van der Waals surface area contributed by atoms with E-state index in [4.69, 9.17) is 9.47 Å². The maximum atomic E-state index is 13.0. The number of benzene rings is 2. The molecule has 0 aliphatic carbocycles. The van der Waals surface area contributed by atoms with Gasteiger partial charge in [0, 0.05) is 29.2 Å². The summed E-state index contributed by atoms with van der Waals surface area (Å²) in [6, 6.07) is 3.66. The molecule has 8 heteroatoms. The Balaban J connectivity index is 2.22. The van der Waals surface area contributed by atoms with E-state index in [9.17, 15) is 29.4 Å². The highest BCUT2D eigenvalue weighted by atomic mass is 16.6. The standard InChI is InChI=1S/C25H26O8/c1-3-5-7-8-15-21(24(29)30)18(28)12-20-23(15)32-19-11-14(13-26)10-16(17(27)9-6-4-2)22(19)25(31)33-20/h10-13,28H,3-9H2,1-2H3,(H,29,30). The fourth-order valence-electron chi connectivity index (χ4n) is 3.84. The van der Waals surface area contributed by atoms with Gasteiger partial charge in [0.25, 0.3) is 0 Å². The minimum Gasteiger partial charge on any atom is -0.507 e. The number of unbranched alkanes of at least 4 members (excludes halogenated alkanes) is 3. The molecular weight excluding hydrogens is 428 g/mol. The van der Waals surface area contributed by atoms with E-state index in [2.05, 4.69) is 0 Å². The van der Waals surface area contributed by atoms with Gasteiger partial charge < -0.3 is 19.7 Å². The van der Waals surface area contributed by atoms with E-state index in [1.807, 2.05) is 13.8 Å². The van der Waals surface area contributed by atoms with Crippen LogP contribution in [0, 0.1) is 0 Å². The van der Waals surface area contributed by atoms with Gasteiger partial charge in [0.05, 0.1) is 0 Å². The van der Waals surface area contributed by atoms with Gasteiger partial charge in [-0.25, -0.2) is 9.59 Å². The van der Waals surface area contributed by atoms with E-state index in [-0.39, 0.29) is 63.7 Å². The first-order valence-corrected chi connectivity index (χ1v) is 11.0. The summed E-state index contributed by atoms with van der Waals surface area (Å²) in [7, 11) is 0. The highest BCUT2D eigenvalue weighted by Gasteiger charge is 2.33. The number of carboxylic acids is 1. The van der Waals surface area contributed by atoms with Crippen molar-refractivity contribution in [3.8, 4) is 23.0 Å². The lowest BCUT2D eigenvalue weighted by atomic mass is 9.96. The highest BCUT2D eigenvalue weighted by molar-refractivity contribution is 6.10. The van der Waals surface area contributed by atoms with Gasteiger partial charge in [-0.1, -0.05) is 33.1 Å². The summed E-state index contributed by atoms with van der Waals surface area (Å²) in [5, 5.41) is 20.1. The van der Waals surface area contributed by atoms with Crippen molar-refractivity contribution in [3.63, 3.8) is 0 Å². The summed E-state index contributed by atoms with van der Waals surface area (Å²) in [4.78, 5) is 49.3. The van der Waals surface area contributed by atoms with Gasteiger partial charge in [0.1, 0.15) is 28.9 Å². The predicted octanol–water partition coefficient (Wildman–Crippen LogP) is 5.33. The summed E-state index contributed by atoms with van der Waals surface area (Å²) < 4.78 is 11.4. The molecule has 2 aromatic carbocycles. The van der Waals surface area contributed by atoms with Crippen molar-refractivity contribution in [2.45, 2.75) is 58.8 Å². The third-order valence-corrected chi connectivity index (χ3v) is 5.50. The van der Waals surface area contributed by atoms with E-state index < -0.39 is 17.7 Å². The molecule has 33 heavy (non-hydrogen) atoms. The number of ether oxygens (including phenoxy) is 2. The molecule has 1 heterocycles. The highest BCUT2D eigenvalue weighted by Crippen LogP contribution is 2.46. The number of esters is 1. The third-order valence-electron chi connectivity index (χ3n) is 5.50. The van der Waals surface area contributed by atoms with Crippen LogP contribution in [0.2, 0.25) is 0 Å². The first-order valence-electron chi connectivity index (χ1n) is 11.0. The molecule has 2 aromatic rings. The van der Waals surface area contributed by atoms with Crippen molar-refractivity contribution in [2.24, 2.45) is 0 Å². The Morgan fingerprint density at radius 3 is 2.36 bits per heavy atom. The van der Waals surface area contributed by atoms with Crippen molar-refractivity contribution in [3.05, 3.63) is 46.0 Å². The molecule has 0 saturated carbocycles. The normalized spacial score (nSPS) is 12.1. The second-order valence-electron chi connectivity index (χ2n) is 7.92. The van der Waals surface area contributed by atoms with Crippen LogP contribution in [-0.2, 0) is 6.42 Å². The van der Waals surface area contributed by atoms with E-state index >= 15 is 0 Å². The first kappa shape index (κ1) is 24.0. The molecule has 174 valence electrons. The van der Waals surface area contributed by atoms with Gasteiger partial charge in [0.2, 0.25) is 0 Å². The fraction of sp³-hybridized carbons (Fsp3) is 0.360. The lowest BCUT2D eigenvalue weighted by Crippen LogP contribution is -2.14. The SMILES string of the molecule is CCCCCc1c2c(cc(O)c1C(=O)O)OC(=O)c1c(cc(C=O)cc1C(=O)CCCC)O2. The van der Waals surface area contributed by atoms with Gasteiger partial charge in [-0.05, 0) is 31.4 Å². The molecule has 0 amide bonds. The Kier molecular flexibility index (Phi) is 7.48. The summed E-state index contributed by atoms with van der Waals surface area (Å²) in [5.74, 6) is -3.36. The molecule has 1 aliphatic rings. The Hall–Kier alpha value is -3.68. The van der Waals surface area contributed by atoms with Gasteiger partial charge in [0.15, 0.2) is 17.3 Å². The Labute approximate surface area is 191 Å². The van der Waals surface area contributed by atoms with Crippen molar-refractivity contribution in [2.75, 3.05) is 0 Å². The third kappa shape index (κ3) is 4.89. The fourth-order valence-corrected chi connectivity index (χ4v) is 3.84. The maximum Gasteiger partial charge on any atom is 0.348 e. The number of aldehydes is 1. The summed E-state index contributed by atoms with van der Waals surface area (Å²) in [5.41, 5.74) is -0.142. The first-order chi connectivity index (χ1) is 15.8. The number of phenols is 1. The van der Waals surface area contributed by atoms with Crippen LogP contribution in [0.4, 0.5) is 0 Å². The van der Waals surface area contributed by atoms with Crippen LogP contribution in [0.1, 0.15) is 99.4 Å². The van der Waals surface area contributed by atoms with Crippen LogP contribution < -0.4 is 9.47 Å². The molecule has 8 nitrogen and oxygen atoms in total. The monoisotopic (exact) mass is 454 g/mol. The van der Waals surface area contributed by atoms with Crippen LogP contribution >= 0.6 is 0 Å². The van der Waals surface area contributed by atoms with Gasteiger partial charge in [-0.15, -0.1) is 0 Å². The second-order valence-corrected chi connectivity index (χ2v) is 7.92. The quantitative estimate of drug-likeness (QED) is 0.162. The molecule has 0 spiro atoms. The number of hydrogen-bond acceptors (Lipinski definition) is 7. The molecule has 2 N–H and O–H groups in total. The number of carbonyl (C=O) groups is 4. The number of hydrogen-bond donors (Lipinski definition) is 2. The maximum absolute atomic E-state index is 13.0. The molecular formula is C25H26O8. The van der Waals surface area contributed by atoms with Crippen molar-refractivity contribution < 1.29 is 38.9 Å². The van der Waals surface area contributed by atoms with Crippen LogP contribution in [0.3, 0.4) is 0 Å². The lowest BCUT2D eigenvalue weighted by molar-refractivity contribution is 0.0691.